The molecule has 4 rings (SSSR count). The van der Waals surface area contributed by atoms with Crippen molar-refractivity contribution in [2.45, 2.75) is 38.8 Å². The summed E-state index contributed by atoms with van der Waals surface area (Å²) in [5.74, 6) is -0.919. The molecule has 7 heteroatoms. The predicted molar refractivity (Wildman–Crippen MR) is 95.8 cm³/mol. The van der Waals surface area contributed by atoms with Crippen molar-refractivity contribution >= 4 is 11.6 Å². The van der Waals surface area contributed by atoms with Gasteiger partial charge in [0.25, 0.3) is 5.91 Å². The highest BCUT2D eigenvalue weighted by Crippen LogP contribution is 2.23. The summed E-state index contributed by atoms with van der Waals surface area (Å²) in [5.41, 5.74) is 1.36. The zero-order valence-electron chi connectivity index (χ0n) is 15.3. The van der Waals surface area contributed by atoms with Crippen LogP contribution < -0.4 is 0 Å². The number of rotatable bonds is 3. The quantitative estimate of drug-likeness (QED) is 0.841. The summed E-state index contributed by atoms with van der Waals surface area (Å²) in [7, 11) is 0. The highest BCUT2D eigenvalue weighted by atomic mass is 19.1. The van der Waals surface area contributed by atoms with Gasteiger partial charge in [0.2, 0.25) is 5.95 Å². The van der Waals surface area contributed by atoms with E-state index in [1.54, 1.807) is 23.2 Å². The van der Waals surface area contributed by atoms with E-state index in [0.717, 1.165) is 31.6 Å². The van der Waals surface area contributed by atoms with Gasteiger partial charge in [0.05, 0.1) is 19.3 Å². The molecule has 0 saturated carbocycles. The minimum atomic E-state index is -0.587. The molecule has 0 unspecified atom stereocenters. The molecule has 140 valence electrons. The first-order valence-electron chi connectivity index (χ1n) is 9.35. The van der Waals surface area contributed by atoms with E-state index in [-0.39, 0.29) is 17.6 Å². The fraction of sp³-hybridized carbons (Fsp3) is 0.579. The number of hydrogen-bond donors (Lipinski definition) is 0. The van der Waals surface area contributed by atoms with Crippen LogP contribution in [0.3, 0.4) is 0 Å². The Kier molecular flexibility index (Phi) is 4.67. The van der Waals surface area contributed by atoms with Crippen LogP contribution in [-0.4, -0.2) is 70.0 Å². The molecule has 2 aliphatic rings. The minimum absolute atomic E-state index is 0.0918. The van der Waals surface area contributed by atoms with Crippen molar-refractivity contribution in [1.82, 2.24) is 19.2 Å². The summed E-state index contributed by atoms with van der Waals surface area (Å²) in [6.45, 7) is 7.45. The van der Waals surface area contributed by atoms with Crippen LogP contribution in [0.4, 0.5) is 4.39 Å². The second-order valence-electron chi connectivity index (χ2n) is 7.31. The first kappa shape index (κ1) is 17.4. The maximum absolute atomic E-state index is 14.7. The van der Waals surface area contributed by atoms with Crippen molar-refractivity contribution in [3.8, 4) is 0 Å². The fourth-order valence-electron chi connectivity index (χ4n) is 4.10. The van der Waals surface area contributed by atoms with Crippen molar-refractivity contribution in [3.05, 3.63) is 35.5 Å². The second kappa shape index (κ2) is 6.96. The maximum atomic E-state index is 14.7. The first-order chi connectivity index (χ1) is 12.6. The van der Waals surface area contributed by atoms with Crippen LogP contribution in [0.15, 0.2) is 18.3 Å². The number of piperazine rings is 1. The fourth-order valence-corrected chi connectivity index (χ4v) is 4.10. The third kappa shape index (κ3) is 2.99. The van der Waals surface area contributed by atoms with E-state index < -0.39 is 5.95 Å². The van der Waals surface area contributed by atoms with Gasteiger partial charge in [-0.25, -0.2) is 4.98 Å². The topological polar surface area (TPSA) is 50.1 Å². The molecule has 6 nitrogen and oxygen atoms in total. The summed E-state index contributed by atoms with van der Waals surface area (Å²) in [5, 5.41) is 0. The van der Waals surface area contributed by atoms with Gasteiger partial charge in [-0.2, -0.15) is 4.39 Å². The van der Waals surface area contributed by atoms with Crippen LogP contribution in [-0.2, 0) is 4.74 Å². The average molecular weight is 360 g/mol. The highest BCUT2D eigenvalue weighted by Gasteiger charge is 2.37. The van der Waals surface area contributed by atoms with E-state index in [2.05, 4.69) is 16.8 Å². The number of carbonyl (C=O) groups is 1. The molecule has 2 aromatic rings. The van der Waals surface area contributed by atoms with Crippen LogP contribution in [0.2, 0.25) is 0 Å². The monoisotopic (exact) mass is 360 g/mol. The highest BCUT2D eigenvalue weighted by molar-refractivity contribution is 5.93. The molecule has 0 bridgehead atoms. The Morgan fingerprint density at radius 2 is 2.23 bits per heavy atom. The third-order valence-corrected chi connectivity index (χ3v) is 5.45. The smallest absolute Gasteiger partial charge is 0.277 e. The lowest BCUT2D eigenvalue weighted by Gasteiger charge is -2.47. The number of nitrogens with zero attached hydrogens (tertiary/aromatic N) is 4. The molecule has 0 N–H and O–H groups in total. The SMILES string of the molecule is CCC[C@H]1COC[C@H]2CN(C(=O)c3nc4cc(C)ccn4c3F)CCN12. The van der Waals surface area contributed by atoms with Crippen LogP contribution in [0.5, 0.6) is 0 Å². The minimum Gasteiger partial charge on any atom is -0.378 e. The van der Waals surface area contributed by atoms with Gasteiger partial charge in [0, 0.05) is 31.9 Å². The molecule has 0 aromatic carbocycles. The second-order valence-corrected chi connectivity index (χ2v) is 7.31. The molecule has 2 aliphatic heterocycles. The molecule has 0 radical (unpaired) electrons. The number of halogens is 1. The Bertz CT molecular complexity index is 819. The van der Waals surface area contributed by atoms with Gasteiger partial charge >= 0.3 is 0 Å². The third-order valence-electron chi connectivity index (χ3n) is 5.45. The van der Waals surface area contributed by atoms with E-state index in [4.69, 9.17) is 4.74 Å². The number of aromatic nitrogens is 2. The van der Waals surface area contributed by atoms with Gasteiger partial charge in [0.15, 0.2) is 5.69 Å². The Labute approximate surface area is 152 Å². The zero-order chi connectivity index (χ0) is 18.3. The number of imidazole rings is 1. The van der Waals surface area contributed by atoms with Crippen molar-refractivity contribution in [2.24, 2.45) is 0 Å². The first-order valence-corrected chi connectivity index (χ1v) is 9.35. The van der Waals surface area contributed by atoms with Crippen molar-refractivity contribution in [3.63, 3.8) is 0 Å². The van der Waals surface area contributed by atoms with Crippen LogP contribution in [0.1, 0.15) is 35.8 Å². The van der Waals surface area contributed by atoms with E-state index in [1.807, 2.05) is 6.92 Å². The molecular weight excluding hydrogens is 335 g/mol. The lowest BCUT2D eigenvalue weighted by molar-refractivity contribution is -0.0777. The van der Waals surface area contributed by atoms with Crippen LogP contribution >= 0.6 is 0 Å². The number of ether oxygens (including phenoxy) is 1. The van der Waals surface area contributed by atoms with E-state index in [9.17, 15) is 9.18 Å². The molecule has 1 amide bonds. The Morgan fingerprint density at radius 1 is 1.38 bits per heavy atom. The molecule has 0 spiro atoms. The number of carbonyl (C=O) groups excluding carboxylic acids is 1. The van der Waals surface area contributed by atoms with E-state index in [1.165, 1.54) is 4.40 Å². The Hall–Kier alpha value is -1.99. The van der Waals surface area contributed by atoms with Gasteiger partial charge in [-0.15, -0.1) is 0 Å². The molecule has 26 heavy (non-hydrogen) atoms. The Balaban J connectivity index is 1.54. The number of pyridine rings is 1. The normalized spacial score (nSPS) is 24.0. The van der Waals surface area contributed by atoms with E-state index >= 15 is 0 Å². The summed E-state index contributed by atoms with van der Waals surface area (Å²) in [6.07, 6.45) is 3.84. The van der Waals surface area contributed by atoms with E-state index in [0.29, 0.717) is 31.4 Å². The molecule has 2 fully saturated rings. The van der Waals surface area contributed by atoms with Gasteiger partial charge < -0.3 is 9.64 Å². The van der Waals surface area contributed by atoms with Crippen LogP contribution in [0.25, 0.3) is 5.65 Å². The molecule has 4 heterocycles. The van der Waals surface area contributed by atoms with Crippen molar-refractivity contribution in [1.29, 1.82) is 0 Å². The standard InChI is InChI=1S/C19H25FN4O2/c1-3-4-14-11-26-12-15-10-22(7-8-23(14)15)19(25)17-18(20)24-6-5-13(2)9-16(24)21-17/h5-6,9,14-15H,3-4,7-8,10-12H2,1-2H3/t14-,15+/m0/s1. The van der Waals surface area contributed by atoms with Crippen molar-refractivity contribution < 1.29 is 13.9 Å². The number of hydrogen-bond acceptors (Lipinski definition) is 4. The lowest BCUT2D eigenvalue weighted by atomic mass is 10.0. The average Bonchev–Trinajstić information content (AvgIpc) is 2.97. The summed E-state index contributed by atoms with van der Waals surface area (Å²) in [6, 6.07) is 4.19. The molecule has 2 aromatic heterocycles. The predicted octanol–water partition coefficient (Wildman–Crippen LogP) is 2.11. The number of morpholine rings is 1. The van der Waals surface area contributed by atoms with Gasteiger partial charge in [-0.1, -0.05) is 13.3 Å². The maximum Gasteiger partial charge on any atom is 0.277 e. The van der Waals surface area contributed by atoms with Gasteiger partial charge in [0.1, 0.15) is 5.65 Å². The molecule has 0 aliphatic carbocycles. The summed E-state index contributed by atoms with van der Waals surface area (Å²) < 4.78 is 21.8. The Morgan fingerprint density at radius 3 is 3.04 bits per heavy atom. The zero-order valence-corrected chi connectivity index (χ0v) is 15.3. The number of fused-ring (bicyclic) bond motifs is 2. The largest absolute Gasteiger partial charge is 0.378 e. The van der Waals surface area contributed by atoms with Gasteiger partial charge in [-0.3, -0.25) is 14.1 Å². The van der Waals surface area contributed by atoms with Crippen LogP contribution in [0, 0.1) is 12.9 Å². The molecule has 2 atom stereocenters. The summed E-state index contributed by atoms with van der Waals surface area (Å²) in [4.78, 5) is 21.3. The van der Waals surface area contributed by atoms with Gasteiger partial charge in [-0.05, 0) is 31.0 Å². The van der Waals surface area contributed by atoms with Crippen molar-refractivity contribution in [2.75, 3.05) is 32.8 Å². The summed E-state index contributed by atoms with van der Waals surface area (Å²) >= 11 is 0. The molecular formula is C19H25FN4O2. The number of amides is 1. The lowest BCUT2D eigenvalue weighted by Crippen LogP contribution is -2.62. The number of aryl methyl sites for hydroxylation is 1. The molecule has 2 saturated heterocycles.